The summed E-state index contributed by atoms with van der Waals surface area (Å²) in [6, 6.07) is 6.36. The van der Waals surface area contributed by atoms with E-state index < -0.39 is 0 Å². The van der Waals surface area contributed by atoms with Gasteiger partial charge in [0.05, 0.1) is 16.4 Å². The minimum absolute atomic E-state index is 0.655. The predicted molar refractivity (Wildman–Crippen MR) is 61.9 cm³/mol. The normalized spacial score (nSPS) is 15.6. The Hall–Kier alpha value is -0.890. The Morgan fingerprint density at radius 2 is 2.21 bits per heavy atom. The molecule has 0 unspecified atom stereocenters. The topological polar surface area (TPSA) is 29.3 Å². The largest absolute Gasteiger partial charge is 0.397 e. The molecule has 2 rings (SSSR count). The van der Waals surface area contributed by atoms with Crippen molar-refractivity contribution in [3.8, 4) is 0 Å². The molecule has 0 heterocycles. The van der Waals surface area contributed by atoms with Crippen LogP contribution in [0.3, 0.4) is 0 Å². The van der Waals surface area contributed by atoms with Crippen LogP contribution in [0.15, 0.2) is 18.2 Å². The molecule has 1 saturated carbocycles. The number of para-hydroxylation sites is 1. The summed E-state index contributed by atoms with van der Waals surface area (Å²) < 4.78 is 0. The molecular weight excluding hydrogens is 196 g/mol. The molecule has 76 valence electrons. The number of hydrogen-bond acceptors (Lipinski definition) is 2. The van der Waals surface area contributed by atoms with Crippen LogP contribution < -0.4 is 10.6 Å². The van der Waals surface area contributed by atoms with Crippen molar-refractivity contribution in [2.45, 2.75) is 25.8 Å². The van der Waals surface area contributed by atoms with Crippen LogP contribution in [-0.2, 0) is 0 Å². The van der Waals surface area contributed by atoms with Gasteiger partial charge in [0.15, 0.2) is 0 Å². The van der Waals surface area contributed by atoms with Crippen molar-refractivity contribution in [1.82, 2.24) is 0 Å². The molecule has 1 aliphatic carbocycles. The zero-order valence-electron chi connectivity index (χ0n) is 8.33. The Kier molecular flexibility index (Phi) is 2.55. The minimum atomic E-state index is 0.655. The van der Waals surface area contributed by atoms with Gasteiger partial charge in [-0.1, -0.05) is 17.7 Å². The number of rotatable bonds is 3. The summed E-state index contributed by atoms with van der Waals surface area (Å²) in [6.07, 6.45) is 2.52. The fourth-order valence-electron chi connectivity index (χ4n) is 1.82. The van der Waals surface area contributed by atoms with E-state index in [-0.39, 0.29) is 0 Å². The standard InChI is InChI=1S/C11H15ClN2/c1-2-14(8-6-7-8)11-9(12)4-3-5-10(11)13/h3-5,8H,2,6-7,13H2,1H3. The molecule has 1 aliphatic rings. The summed E-state index contributed by atoms with van der Waals surface area (Å²) in [5.41, 5.74) is 7.73. The van der Waals surface area contributed by atoms with E-state index in [2.05, 4.69) is 11.8 Å². The van der Waals surface area contributed by atoms with Gasteiger partial charge in [-0.05, 0) is 31.9 Å². The molecule has 14 heavy (non-hydrogen) atoms. The van der Waals surface area contributed by atoms with Crippen molar-refractivity contribution in [2.75, 3.05) is 17.2 Å². The second kappa shape index (κ2) is 3.70. The lowest BCUT2D eigenvalue weighted by Crippen LogP contribution is -2.26. The van der Waals surface area contributed by atoms with Crippen LogP contribution in [-0.4, -0.2) is 12.6 Å². The number of hydrogen-bond donors (Lipinski definition) is 1. The van der Waals surface area contributed by atoms with Gasteiger partial charge in [0, 0.05) is 12.6 Å². The molecule has 0 amide bonds. The van der Waals surface area contributed by atoms with Gasteiger partial charge < -0.3 is 10.6 Å². The molecular formula is C11H15ClN2. The van der Waals surface area contributed by atoms with Gasteiger partial charge in [0.25, 0.3) is 0 Å². The minimum Gasteiger partial charge on any atom is -0.397 e. The smallest absolute Gasteiger partial charge is 0.0791 e. The van der Waals surface area contributed by atoms with Crippen molar-refractivity contribution in [2.24, 2.45) is 0 Å². The van der Waals surface area contributed by atoms with Crippen LogP contribution in [0.25, 0.3) is 0 Å². The van der Waals surface area contributed by atoms with Gasteiger partial charge in [-0.25, -0.2) is 0 Å². The first-order valence-electron chi connectivity index (χ1n) is 5.04. The van der Waals surface area contributed by atoms with Gasteiger partial charge in [-0.3, -0.25) is 0 Å². The highest BCUT2D eigenvalue weighted by Crippen LogP contribution is 2.38. The average molecular weight is 211 g/mol. The Morgan fingerprint density at radius 1 is 1.50 bits per heavy atom. The Balaban J connectivity index is 2.36. The lowest BCUT2D eigenvalue weighted by molar-refractivity contribution is 0.828. The quantitative estimate of drug-likeness (QED) is 0.778. The van der Waals surface area contributed by atoms with E-state index in [0.717, 1.165) is 22.9 Å². The monoisotopic (exact) mass is 210 g/mol. The van der Waals surface area contributed by atoms with Crippen molar-refractivity contribution in [1.29, 1.82) is 0 Å². The summed E-state index contributed by atoms with van der Waals surface area (Å²) in [6.45, 7) is 3.11. The van der Waals surface area contributed by atoms with Gasteiger partial charge in [0.1, 0.15) is 0 Å². The third kappa shape index (κ3) is 1.67. The zero-order valence-corrected chi connectivity index (χ0v) is 9.09. The molecule has 0 radical (unpaired) electrons. The molecule has 0 saturated heterocycles. The van der Waals surface area contributed by atoms with Crippen molar-refractivity contribution in [3.63, 3.8) is 0 Å². The van der Waals surface area contributed by atoms with E-state index in [1.807, 2.05) is 18.2 Å². The van der Waals surface area contributed by atoms with Crippen LogP contribution in [0.4, 0.5) is 11.4 Å². The second-order valence-corrected chi connectivity index (χ2v) is 4.10. The second-order valence-electron chi connectivity index (χ2n) is 3.69. The molecule has 1 aromatic rings. The van der Waals surface area contributed by atoms with Crippen molar-refractivity contribution < 1.29 is 0 Å². The SMILES string of the molecule is CCN(c1c(N)cccc1Cl)C1CC1. The lowest BCUT2D eigenvalue weighted by Gasteiger charge is -2.25. The number of benzene rings is 1. The highest BCUT2D eigenvalue weighted by molar-refractivity contribution is 6.34. The summed E-state index contributed by atoms with van der Waals surface area (Å²) in [4.78, 5) is 2.30. The van der Waals surface area contributed by atoms with Crippen LogP contribution in [0, 0.1) is 0 Å². The molecule has 0 aromatic heterocycles. The van der Waals surface area contributed by atoms with Gasteiger partial charge in [-0.15, -0.1) is 0 Å². The molecule has 0 aliphatic heterocycles. The van der Waals surface area contributed by atoms with E-state index in [1.165, 1.54) is 12.8 Å². The Labute approximate surface area is 89.7 Å². The number of halogens is 1. The maximum absolute atomic E-state index is 6.15. The zero-order chi connectivity index (χ0) is 10.1. The number of nitrogens with two attached hydrogens (primary N) is 1. The van der Waals surface area contributed by atoms with Crippen LogP contribution >= 0.6 is 11.6 Å². The van der Waals surface area contributed by atoms with Crippen molar-refractivity contribution in [3.05, 3.63) is 23.2 Å². The molecule has 2 N–H and O–H groups in total. The highest BCUT2D eigenvalue weighted by Gasteiger charge is 2.30. The third-order valence-corrected chi connectivity index (χ3v) is 2.94. The van der Waals surface area contributed by atoms with Crippen LogP contribution in [0.5, 0.6) is 0 Å². The predicted octanol–water partition coefficient (Wildman–Crippen LogP) is 2.91. The fraction of sp³-hybridized carbons (Fsp3) is 0.455. The first-order chi connectivity index (χ1) is 6.74. The lowest BCUT2D eigenvalue weighted by atomic mass is 10.2. The fourth-order valence-corrected chi connectivity index (χ4v) is 2.11. The molecule has 1 fully saturated rings. The summed E-state index contributed by atoms with van der Waals surface area (Å²) in [7, 11) is 0. The summed E-state index contributed by atoms with van der Waals surface area (Å²) >= 11 is 6.15. The van der Waals surface area contributed by atoms with Gasteiger partial charge in [0.2, 0.25) is 0 Å². The first kappa shape index (κ1) is 9.66. The van der Waals surface area contributed by atoms with Crippen LogP contribution in [0.1, 0.15) is 19.8 Å². The molecule has 3 heteroatoms. The van der Waals surface area contributed by atoms with E-state index in [9.17, 15) is 0 Å². The Morgan fingerprint density at radius 3 is 2.71 bits per heavy atom. The highest BCUT2D eigenvalue weighted by atomic mass is 35.5. The van der Waals surface area contributed by atoms with Gasteiger partial charge in [-0.2, -0.15) is 0 Å². The maximum atomic E-state index is 6.15. The molecule has 0 atom stereocenters. The summed E-state index contributed by atoms with van der Waals surface area (Å²) in [5, 5.41) is 0.763. The molecule has 2 nitrogen and oxygen atoms in total. The third-order valence-electron chi connectivity index (χ3n) is 2.63. The molecule has 0 spiro atoms. The van der Waals surface area contributed by atoms with E-state index in [0.29, 0.717) is 6.04 Å². The average Bonchev–Trinajstić information content (AvgIpc) is 2.95. The Bertz CT molecular complexity index is 314. The number of nitrogen functional groups attached to an aromatic ring is 1. The maximum Gasteiger partial charge on any atom is 0.0791 e. The summed E-state index contributed by atoms with van der Waals surface area (Å²) in [5.74, 6) is 0. The van der Waals surface area contributed by atoms with Gasteiger partial charge >= 0.3 is 0 Å². The molecule has 0 bridgehead atoms. The number of anilines is 2. The van der Waals surface area contributed by atoms with E-state index >= 15 is 0 Å². The first-order valence-corrected chi connectivity index (χ1v) is 5.42. The van der Waals surface area contributed by atoms with E-state index in [1.54, 1.807) is 0 Å². The number of nitrogens with zero attached hydrogens (tertiary/aromatic N) is 1. The van der Waals surface area contributed by atoms with E-state index in [4.69, 9.17) is 17.3 Å². The van der Waals surface area contributed by atoms with Crippen LogP contribution in [0.2, 0.25) is 5.02 Å². The molecule has 1 aromatic carbocycles. The van der Waals surface area contributed by atoms with Crippen molar-refractivity contribution >= 4 is 23.0 Å².